The maximum atomic E-state index is 12.6. The Labute approximate surface area is 124 Å². The van der Waals surface area contributed by atoms with Crippen molar-refractivity contribution in [1.82, 2.24) is 10.2 Å². The van der Waals surface area contributed by atoms with Gasteiger partial charge in [0.25, 0.3) is 0 Å². The highest BCUT2D eigenvalue weighted by atomic mass is 16.2. The van der Waals surface area contributed by atoms with Crippen LogP contribution in [0.5, 0.6) is 0 Å². The Balaban J connectivity index is 1.73. The number of nitrogens with one attached hydrogen (secondary N) is 2. The molecule has 6 nitrogen and oxygen atoms in total. The number of amides is 2. The van der Waals surface area contributed by atoms with E-state index in [-0.39, 0.29) is 18.4 Å². The molecule has 2 amide bonds. The number of anilines is 2. The zero-order valence-corrected chi connectivity index (χ0v) is 12.0. The molecule has 3 rings (SSSR count). The predicted octanol–water partition coefficient (Wildman–Crippen LogP) is 0.267. The summed E-state index contributed by atoms with van der Waals surface area (Å²) in [6.45, 7) is 4.16. The summed E-state index contributed by atoms with van der Waals surface area (Å²) >= 11 is 0. The number of fused-ring (bicyclic) bond motifs is 1. The molecule has 0 radical (unpaired) electrons. The van der Waals surface area contributed by atoms with Crippen LogP contribution < -0.4 is 15.5 Å². The molecule has 21 heavy (non-hydrogen) atoms. The lowest BCUT2D eigenvalue weighted by molar-refractivity contribution is -0.122. The largest absolute Gasteiger partial charge is 0.323 e. The van der Waals surface area contributed by atoms with Crippen LogP contribution in [0, 0.1) is 0 Å². The number of carbonyl (C=O) groups excluding carboxylic acids is 2. The third kappa shape index (κ3) is 3.22. The van der Waals surface area contributed by atoms with Crippen molar-refractivity contribution in [3.63, 3.8) is 0 Å². The van der Waals surface area contributed by atoms with Gasteiger partial charge in [0, 0.05) is 13.1 Å². The molecule has 0 aromatic heterocycles. The summed E-state index contributed by atoms with van der Waals surface area (Å²) in [6, 6.07) is 7.43. The van der Waals surface area contributed by atoms with E-state index in [1.54, 1.807) is 4.90 Å². The Morgan fingerprint density at radius 2 is 2.05 bits per heavy atom. The quantitative estimate of drug-likeness (QED) is 0.820. The predicted molar refractivity (Wildman–Crippen MR) is 81.4 cm³/mol. The van der Waals surface area contributed by atoms with Crippen LogP contribution in [-0.2, 0) is 9.59 Å². The second kappa shape index (κ2) is 6.24. The summed E-state index contributed by atoms with van der Waals surface area (Å²) in [5, 5.41) is 6.12. The van der Waals surface area contributed by atoms with E-state index >= 15 is 0 Å². The molecule has 1 saturated heterocycles. The lowest BCUT2D eigenvalue weighted by Gasteiger charge is -2.31. The van der Waals surface area contributed by atoms with Gasteiger partial charge in [0.05, 0.1) is 17.9 Å². The number of rotatable bonds is 2. The fraction of sp³-hybridized carbons (Fsp3) is 0.467. The summed E-state index contributed by atoms with van der Waals surface area (Å²) in [6.07, 6.45) is 1.05. The van der Waals surface area contributed by atoms with Gasteiger partial charge in [0.15, 0.2) is 0 Å². The summed E-state index contributed by atoms with van der Waals surface area (Å²) in [7, 11) is 0. The van der Waals surface area contributed by atoms with Crippen molar-refractivity contribution in [3.05, 3.63) is 24.3 Å². The van der Waals surface area contributed by atoms with Crippen molar-refractivity contribution in [3.8, 4) is 0 Å². The monoisotopic (exact) mass is 288 g/mol. The summed E-state index contributed by atoms with van der Waals surface area (Å²) < 4.78 is 0. The molecule has 1 aromatic rings. The van der Waals surface area contributed by atoms with Crippen LogP contribution in [0.1, 0.15) is 6.42 Å². The number of nitrogens with zero attached hydrogens (tertiary/aromatic N) is 2. The van der Waals surface area contributed by atoms with Gasteiger partial charge in [0.2, 0.25) is 11.8 Å². The molecule has 2 N–H and O–H groups in total. The molecule has 1 fully saturated rings. The molecule has 0 atom stereocenters. The van der Waals surface area contributed by atoms with Crippen molar-refractivity contribution >= 4 is 23.2 Å². The van der Waals surface area contributed by atoms with Crippen molar-refractivity contribution in [1.29, 1.82) is 0 Å². The van der Waals surface area contributed by atoms with E-state index in [1.165, 1.54) is 0 Å². The molecule has 1 aromatic carbocycles. The Morgan fingerprint density at radius 3 is 2.95 bits per heavy atom. The van der Waals surface area contributed by atoms with Gasteiger partial charge in [-0.25, -0.2) is 0 Å². The van der Waals surface area contributed by atoms with Crippen LogP contribution in [0.3, 0.4) is 0 Å². The van der Waals surface area contributed by atoms with Gasteiger partial charge in [-0.3, -0.25) is 19.4 Å². The van der Waals surface area contributed by atoms with Gasteiger partial charge in [-0.2, -0.15) is 0 Å². The van der Waals surface area contributed by atoms with E-state index in [4.69, 9.17) is 0 Å². The average molecular weight is 288 g/mol. The molecular weight excluding hydrogens is 268 g/mol. The van der Waals surface area contributed by atoms with Gasteiger partial charge < -0.3 is 10.6 Å². The zero-order valence-electron chi connectivity index (χ0n) is 12.0. The first-order chi connectivity index (χ1) is 10.2. The molecule has 2 aliphatic rings. The fourth-order valence-corrected chi connectivity index (χ4v) is 2.79. The molecule has 0 bridgehead atoms. The highest BCUT2D eigenvalue weighted by Gasteiger charge is 2.27. The molecular formula is C15H20N4O2. The van der Waals surface area contributed by atoms with E-state index in [1.807, 2.05) is 24.3 Å². The molecule has 2 heterocycles. The van der Waals surface area contributed by atoms with E-state index in [9.17, 15) is 9.59 Å². The minimum absolute atomic E-state index is 0.0146. The molecule has 6 heteroatoms. The second-order valence-electron chi connectivity index (χ2n) is 5.42. The Kier molecular flexibility index (Phi) is 4.17. The van der Waals surface area contributed by atoms with Gasteiger partial charge >= 0.3 is 0 Å². The smallest absolute Gasteiger partial charge is 0.244 e. The van der Waals surface area contributed by atoms with Crippen LogP contribution in [0.25, 0.3) is 0 Å². The average Bonchev–Trinajstić information content (AvgIpc) is 2.75. The highest BCUT2D eigenvalue weighted by Crippen LogP contribution is 2.28. The lowest BCUT2D eigenvalue weighted by Crippen LogP contribution is -2.47. The van der Waals surface area contributed by atoms with Crippen molar-refractivity contribution in [2.45, 2.75) is 6.42 Å². The summed E-state index contributed by atoms with van der Waals surface area (Å²) in [5.41, 5.74) is 1.50. The number of para-hydroxylation sites is 2. The van der Waals surface area contributed by atoms with Gasteiger partial charge in [-0.15, -0.1) is 0 Å². The zero-order chi connectivity index (χ0) is 14.7. The first kappa shape index (κ1) is 14.0. The molecule has 0 saturated carbocycles. The van der Waals surface area contributed by atoms with E-state index in [2.05, 4.69) is 15.5 Å². The molecule has 0 aliphatic carbocycles. The first-order valence-electron chi connectivity index (χ1n) is 7.36. The second-order valence-corrected chi connectivity index (χ2v) is 5.42. The SMILES string of the molecule is O=C1CN(C(=O)CN2CCCNCC2)c2ccccc2N1. The standard InChI is InChI=1S/C15H20N4O2/c20-14-10-19(13-5-2-1-4-12(13)17-14)15(21)11-18-8-3-6-16-7-9-18/h1-2,4-5,16H,3,6-11H2,(H,17,20). The van der Waals surface area contributed by atoms with Gasteiger partial charge in [-0.05, 0) is 31.6 Å². The third-order valence-corrected chi connectivity index (χ3v) is 3.86. The van der Waals surface area contributed by atoms with E-state index in [0.717, 1.165) is 38.3 Å². The highest BCUT2D eigenvalue weighted by molar-refractivity contribution is 6.10. The number of benzene rings is 1. The Hall–Kier alpha value is -1.92. The topological polar surface area (TPSA) is 64.7 Å². The normalized spacial score (nSPS) is 19.6. The van der Waals surface area contributed by atoms with Crippen LogP contribution in [0.2, 0.25) is 0 Å². The fourth-order valence-electron chi connectivity index (χ4n) is 2.79. The molecule has 2 aliphatic heterocycles. The molecule has 112 valence electrons. The minimum Gasteiger partial charge on any atom is -0.323 e. The van der Waals surface area contributed by atoms with Crippen LogP contribution in [0.4, 0.5) is 11.4 Å². The van der Waals surface area contributed by atoms with Gasteiger partial charge in [0.1, 0.15) is 6.54 Å². The maximum absolute atomic E-state index is 12.6. The maximum Gasteiger partial charge on any atom is 0.244 e. The van der Waals surface area contributed by atoms with Crippen LogP contribution in [-0.4, -0.2) is 56.0 Å². The number of hydrogen-bond acceptors (Lipinski definition) is 4. The summed E-state index contributed by atoms with van der Waals surface area (Å²) in [4.78, 5) is 28.1. The van der Waals surface area contributed by atoms with Crippen molar-refractivity contribution in [2.75, 3.05) is 49.5 Å². The third-order valence-electron chi connectivity index (χ3n) is 3.86. The summed E-state index contributed by atoms with van der Waals surface area (Å²) in [5.74, 6) is -0.154. The lowest BCUT2D eigenvalue weighted by atomic mass is 10.2. The number of hydrogen-bond donors (Lipinski definition) is 2. The Morgan fingerprint density at radius 1 is 1.19 bits per heavy atom. The van der Waals surface area contributed by atoms with Crippen molar-refractivity contribution in [2.24, 2.45) is 0 Å². The Bertz CT molecular complexity index is 538. The minimum atomic E-state index is -0.139. The molecule has 0 unspecified atom stereocenters. The van der Waals surface area contributed by atoms with E-state index < -0.39 is 0 Å². The first-order valence-corrected chi connectivity index (χ1v) is 7.36. The number of carbonyl (C=O) groups is 2. The van der Waals surface area contributed by atoms with Crippen LogP contribution >= 0.6 is 0 Å². The van der Waals surface area contributed by atoms with Gasteiger partial charge in [-0.1, -0.05) is 12.1 Å². The van der Waals surface area contributed by atoms with Crippen molar-refractivity contribution < 1.29 is 9.59 Å². The van der Waals surface area contributed by atoms with E-state index in [0.29, 0.717) is 12.2 Å². The molecule has 0 spiro atoms. The van der Waals surface area contributed by atoms with Crippen LogP contribution in [0.15, 0.2) is 24.3 Å².